The number of carbonyl (C=O) groups is 1. The maximum Gasteiger partial charge on any atom is 0.250 e. The molecule has 3 aromatic rings. The molecule has 6 nitrogen and oxygen atoms in total. The van der Waals surface area contributed by atoms with E-state index in [2.05, 4.69) is 31.3 Å². The van der Waals surface area contributed by atoms with Crippen LogP contribution in [0.3, 0.4) is 0 Å². The van der Waals surface area contributed by atoms with Crippen LogP contribution in [0.15, 0.2) is 29.6 Å². The van der Waals surface area contributed by atoms with Crippen molar-refractivity contribution in [3.8, 4) is 17.0 Å². The second-order valence-electron chi connectivity index (χ2n) is 4.82. The number of halogens is 1. The Hall–Kier alpha value is -1.93. The topological polar surface area (TPSA) is 68.5 Å². The number of hydrogen-bond donors (Lipinski definition) is 1. The SMILES string of the molecule is CCC(Br)C(=O)Nc1nc2scc(-c3ccccc3OC)n2n1. The van der Waals surface area contributed by atoms with Crippen molar-refractivity contribution in [2.45, 2.75) is 18.2 Å². The molecule has 0 saturated heterocycles. The number of benzene rings is 1. The van der Waals surface area contributed by atoms with Crippen molar-refractivity contribution < 1.29 is 9.53 Å². The molecule has 0 bridgehead atoms. The zero-order valence-corrected chi connectivity index (χ0v) is 15.0. The lowest BCUT2D eigenvalue weighted by Crippen LogP contribution is -2.22. The molecule has 2 heterocycles. The number of thiazole rings is 1. The molecule has 1 N–H and O–H groups in total. The van der Waals surface area contributed by atoms with Crippen molar-refractivity contribution in [3.05, 3.63) is 29.6 Å². The fourth-order valence-electron chi connectivity index (χ4n) is 2.15. The molecule has 3 rings (SSSR count). The van der Waals surface area contributed by atoms with Crippen molar-refractivity contribution in [2.24, 2.45) is 0 Å². The summed E-state index contributed by atoms with van der Waals surface area (Å²) >= 11 is 4.78. The van der Waals surface area contributed by atoms with Gasteiger partial charge in [-0.15, -0.1) is 16.4 Å². The Morgan fingerprint density at radius 3 is 3.00 bits per heavy atom. The first kappa shape index (κ1) is 15.9. The summed E-state index contributed by atoms with van der Waals surface area (Å²) in [5, 5.41) is 9.08. The molecule has 0 saturated carbocycles. The van der Waals surface area contributed by atoms with Gasteiger partial charge < -0.3 is 4.74 Å². The van der Waals surface area contributed by atoms with Crippen molar-refractivity contribution in [3.63, 3.8) is 0 Å². The largest absolute Gasteiger partial charge is 0.496 e. The number of carbonyl (C=O) groups excluding carboxylic acids is 1. The number of methoxy groups -OCH3 is 1. The van der Waals surface area contributed by atoms with Crippen LogP contribution in [0.4, 0.5) is 5.95 Å². The summed E-state index contributed by atoms with van der Waals surface area (Å²) in [5.74, 6) is 0.917. The van der Waals surface area contributed by atoms with E-state index in [1.54, 1.807) is 11.6 Å². The molecule has 0 aliphatic heterocycles. The van der Waals surface area contributed by atoms with Gasteiger partial charge in [-0.05, 0) is 18.6 Å². The van der Waals surface area contributed by atoms with Crippen molar-refractivity contribution in [1.29, 1.82) is 0 Å². The number of nitrogens with one attached hydrogen (secondary N) is 1. The van der Waals surface area contributed by atoms with Gasteiger partial charge in [-0.25, -0.2) is 4.52 Å². The number of fused-ring (bicyclic) bond motifs is 1. The summed E-state index contributed by atoms with van der Waals surface area (Å²) in [7, 11) is 1.64. The fraction of sp³-hybridized carbons (Fsp3) is 0.267. The highest BCUT2D eigenvalue weighted by Gasteiger charge is 2.18. The predicted octanol–water partition coefficient (Wildman–Crippen LogP) is 3.58. The van der Waals surface area contributed by atoms with Crippen LogP contribution >= 0.6 is 27.3 Å². The van der Waals surface area contributed by atoms with Gasteiger partial charge in [-0.3, -0.25) is 10.1 Å². The Morgan fingerprint density at radius 2 is 2.26 bits per heavy atom. The Labute approximate surface area is 145 Å². The van der Waals surface area contributed by atoms with Crippen LogP contribution in [-0.2, 0) is 4.79 Å². The number of ether oxygens (including phenoxy) is 1. The highest BCUT2D eigenvalue weighted by Crippen LogP contribution is 2.32. The van der Waals surface area contributed by atoms with E-state index in [-0.39, 0.29) is 10.7 Å². The van der Waals surface area contributed by atoms with Gasteiger partial charge in [0, 0.05) is 10.9 Å². The number of hydrogen-bond acceptors (Lipinski definition) is 5. The molecule has 1 atom stereocenters. The molecular formula is C15H15BrN4O2S. The van der Waals surface area contributed by atoms with E-state index in [0.29, 0.717) is 17.3 Å². The van der Waals surface area contributed by atoms with Gasteiger partial charge in [-0.2, -0.15) is 4.98 Å². The fourth-order valence-corrected chi connectivity index (χ4v) is 3.09. The van der Waals surface area contributed by atoms with Crippen LogP contribution in [0.1, 0.15) is 13.3 Å². The van der Waals surface area contributed by atoms with Crippen LogP contribution in [0.2, 0.25) is 0 Å². The summed E-state index contributed by atoms with van der Waals surface area (Å²) in [6.45, 7) is 1.93. The lowest BCUT2D eigenvalue weighted by molar-refractivity contribution is -0.115. The van der Waals surface area contributed by atoms with Crippen molar-refractivity contribution in [2.75, 3.05) is 12.4 Å². The lowest BCUT2D eigenvalue weighted by atomic mass is 10.1. The van der Waals surface area contributed by atoms with Gasteiger partial charge in [0.2, 0.25) is 16.8 Å². The minimum absolute atomic E-state index is 0.149. The van der Waals surface area contributed by atoms with Crippen LogP contribution in [0.25, 0.3) is 16.2 Å². The minimum atomic E-state index is -0.252. The first-order chi connectivity index (χ1) is 11.1. The van der Waals surface area contributed by atoms with E-state index < -0.39 is 0 Å². The van der Waals surface area contributed by atoms with Gasteiger partial charge in [0.1, 0.15) is 5.75 Å². The summed E-state index contributed by atoms with van der Waals surface area (Å²) in [6, 6.07) is 7.72. The number of rotatable bonds is 5. The number of alkyl halides is 1. The summed E-state index contributed by atoms with van der Waals surface area (Å²) < 4.78 is 7.12. The maximum atomic E-state index is 11.9. The second-order valence-corrected chi connectivity index (χ2v) is 6.76. The van der Waals surface area contributed by atoms with Crippen molar-refractivity contribution in [1.82, 2.24) is 14.6 Å². The second kappa shape index (κ2) is 6.67. The Kier molecular flexibility index (Phi) is 4.63. The van der Waals surface area contributed by atoms with Crippen LogP contribution in [0, 0.1) is 0 Å². The standard InChI is InChI=1S/C15H15BrN4O2S/c1-3-10(16)13(21)17-14-18-15-20(19-14)11(8-23-15)9-6-4-5-7-12(9)22-2/h4-8,10H,3H2,1-2H3,(H,17,19,21). The number of amides is 1. The third kappa shape index (κ3) is 3.09. The average Bonchev–Trinajstić information content (AvgIpc) is 3.13. The van der Waals surface area contributed by atoms with E-state index in [9.17, 15) is 4.79 Å². The molecule has 1 unspecified atom stereocenters. The van der Waals surface area contributed by atoms with E-state index in [1.807, 2.05) is 36.6 Å². The number of para-hydroxylation sites is 1. The zero-order valence-electron chi connectivity index (χ0n) is 12.6. The third-order valence-electron chi connectivity index (χ3n) is 3.34. The molecule has 0 fully saturated rings. The van der Waals surface area contributed by atoms with Gasteiger partial charge in [0.25, 0.3) is 0 Å². The molecule has 0 aliphatic carbocycles. The molecule has 1 aromatic carbocycles. The van der Waals surface area contributed by atoms with E-state index in [1.165, 1.54) is 11.3 Å². The van der Waals surface area contributed by atoms with Crippen molar-refractivity contribution >= 4 is 44.1 Å². The number of aromatic nitrogens is 3. The average molecular weight is 395 g/mol. The lowest BCUT2D eigenvalue weighted by Gasteiger charge is -2.06. The zero-order chi connectivity index (χ0) is 16.4. The van der Waals surface area contributed by atoms with Crippen LogP contribution < -0.4 is 10.1 Å². The molecule has 8 heteroatoms. The van der Waals surface area contributed by atoms with Gasteiger partial charge >= 0.3 is 0 Å². The molecule has 0 aliphatic rings. The molecule has 23 heavy (non-hydrogen) atoms. The number of nitrogens with zero attached hydrogens (tertiary/aromatic N) is 3. The third-order valence-corrected chi connectivity index (χ3v) is 5.22. The van der Waals surface area contributed by atoms with E-state index in [4.69, 9.17) is 4.74 Å². The maximum absolute atomic E-state index is 11.9. The first-order valence-electron chi connectivity index (χ1n) is 7.06. The van der Waals surface area contributed by atoms with Gasteiger partial charge in [0.05, 0.1) is 17.6 Å². The first-order valence-corrected chi connectivity index (χ1v) is 8.86. The quantitative estimate of drug-likeness (QED) is 0.671. The van der Waals surface area contributed by atoms with Gasteiger partial charge in [0.15, 0.2) is 0 Å². The molecule has 0 radical (unpaired) electrons. The Bertz CT molecular complexity index is 845. The summed E-state index contributed by atoms with van der Waals surface area (Å²) in [4.78, 5) is 16.7. The smallest absolute Gasteiger partial charge is 0.250 e. The van der Waals surface area contributed by atoms with Crippen LogP contribution in [-0.4, -0.2) is 32.4 Å². The predicted molar refractivity (Wildman–Crippen MR) is 94.5 cm³/mol. The summed E-state index contributed by atoms with van der Waals surface area (Å²) in [5.41, 5.74) is 1.80. The molecule has 2 aromatic heterocycles. The highest BCUT2D eigenvalue weighted by molar-refractivity contribution is 9.10. The molecule has 1 amide bonds. The van der Waals surface area contributed by atoms with E-state index in [0.717, 1.165) is 17.0 Å². The normalized spacial score (nSPS) is 12.3. The monoisotopic (exact) mass is 394 g/mol. The molecular weight excluding hydrogens is 380 g/mol. The molecule has 120 valence electrons. The Balaban J connectivity index is 1.96. The number of anilines is 1. The molecule has 0 spiro atoms. The Morgan fingerprint density at radius 1 is 1.48 bits per heavy atom. The van der Waals surface area contributed by atoms with Gasteiger partial charge in [-0.1, -0.05) is 35.0 Å². The van der Waals surface area contributed by atoms with Crippen LogP contribution in [0.5, 0.6) is 5.75 Å². The minimum Gasteiger partial charge on any atom is -0.496 e. The highest BCUT2D eigenvalue weighted by atomic mass is 79.9. The van der Waals surface area contributed by atoms with E-state index >= 15 is 0 Å². The summed E-state index contributed by atoms with van der Waals surface area (Å²) in [6.07, 6.45) is 0.695.